The largest absolute Gasteiger partial charge is 0.493 e. The van der Waals surface area contributed by atoms with Crippen LogP contribution in [0.1, 0.15) is 30.5 Å². The summed E-state index contributed by atoms with van der Waals surface area (Å²) in [5, 5.41) is 27.3. The van der Waals surface area contributed by atoms with E-state index < -0.39 is 5.56 Å². The topological polar surface area (TPSA) is 90.7 Å². The van der Waals surface area contributed by atoms with Gasteiger partial charge in [0.2, 0.25) is 5.88 Å². The normalized spacial score (nSPS) is 10.9. The Morgan fingerprint density at radius 2 is 1.87 bits per heavy atom. The highest BCUT2D eigenvalue weighted by molar-refractivity contribution is 5.56. The minimum Gasteiger partial charge on any atom is -0.493 e. The van der Waals surface area contributed by atoms with E-state index in [1.54, 1.807) is 13.8 Å². The third kappa shape index (κ3) is 3.14. The van der Waals surface area contributed by atoms with Gasteiger partial charge in [-0.25, -0.2) is 0 Å². The Morgan fingerprint density at radius 1 is 1.22 bits per heavy atom. The Kier molecular flexibility index (Phi) is 4.91. The molecule has 2 aromatic rings. The third-order valence-corrected chi connectivity index (χ3v) is 3.70. The molecule has 0 saturated heterocycles. The Labute approximate surface area is 134 Å². The van der Waals surface area contributed by atoms with E-state index >= 15 is 0 Å². The van der Waals surface area contributed by atoms with Gasteiger partial charge in [0.25, 0.3) is 5.56 Å². The van der Waals surface area contributed by atoms with E-state index in [4.69, 9.17) is 0 Å². The van der Waals surface area contributed by atoms with Crippen molar-refractivity contribution >= 4 is 11.4 Å². The average molecular weight is 310 g/mol. The summed E-state index contributed by atoms with van der Waals surface area (Å²) in [5.74, 6) is -0.330. The van der Waals surface area contributed by atoms with Crippen LogP contribution in [0.5, 0.6) is 5.88 Å². The van der Waals surface area contributed by atoms with Gasteiger partial charge in [0.15, 0.2) is 5.69 Å². The van der Waals surface area contributed by atoms with Crippen LogP contribution in [0.3, 0.4) is 0 Å². The molecule has 118 valence electrons. The van der Waals surface area contributed by atoms with E-state index in [2.05, 4.69) is 17.2 Å². The van der Waals surface area contributed by atoms with Crippen molar-refractivity contribution in [2.24, 2.45) is 10.2 Å². The number of aryl methyl sites for hydroxylation is 1. The van der Waals surface area contributed by atoms with E-state index in [1.807, 2.05) is 30.3 Å². The van der Waals surface area contributed by atoms with Crippen molar-refractivity contribution in [3.05, 3.63) is 51.3 Å². The van der Waals surface area contributed by atoms with Gasteiger partial charge < -0.3 is 5.11 Å². The summed E-state index contributed by atoms with van der Waals surface area (Å²) < 4.78 is 1.11. The summed E-state index contributed by atoms with van der Waals surface area (Å²) in [7, 11) is 0. The zero-order valence-electron chi connectivity index (χ0n) is 13.4. The first-order chi connectivity index (χ1) is 11.0. The zero-order valence-corrected chi connectivity index (χ0v) is 13.4. The molecule has 6 nitrogen and oxygen atoms in total. The molecule has 0 aliphatic rings. The summed E-state index contributed by atoms with van der Waals surface area (Å²) in [4.78, 5) is 12.4. The fraction of sp³-hybridized carbons (Fsp3) is 0.294. The minimum absolute atomic E-state index is 0.0433. The van der Waals surface area contributed by atoms with Crippen molar-refractivity contribution in [2.45, 2.75) is 33.7 Å². The van der Waals surface area contributed by atoms with Gasteiger partial charge in [0, 0.05) is 12.1 Å². The third-order valence-electron chi connectivity index (χ3n) is 3.70. The second-order valence-electron chi connectivity index (χ2n) is 5.05. The minimum atomic E-state index is -0.463. The van der Waals surface area contributed by atoms with E-state index in [9.17, 15) is 15.2 Å². The van der Waals surface area contributed by atoms with Crippen molar-refractivity contribution in [1.82, 2.24) is 4.57 Å². The van der Waals surface area contributed by atoms with Crippen LogP contribution in [0.25, 0.3) is 0 Å². The number of aromatic hydroxyl groups is 1. The SMILES string of the molecule is CCc1ccc(N=Nc2c(C)c(C#N)c(O)n(CC)c2=O)cc1. The molecule has 0 aliphatic heterocycles. The number of hydrogen-bond acceptors (Lipinski definition) is 5. The lowest BCUT2D eigenvalue weighted by molar-refractivity contribution is 0.409. The lowest BCUT2D eigenvalue weighted by Crippen LogP contribution is -2.20. The van der Waals surface area contributed by atoms with Crippen molar-refractivity contribution in [3.8, 4) is 11.9 Å². The summed E-state index contributed by atoms with van der Waals surface area (Å²) in [6, 6.07) is 9.44. The first-order valence-electron chi connectivity index (χ1n) is 7.40. The summed E-state index contributed by atoms with van der Waals surface area (Å²) in [6.45, 7) is 5.59. The number of aromatic nitrogens is 1. The maximum atomic E-state index is 12.4. The first kappa shape index (κ1) is 16.4. The highest BCUT2D eigenvalue weighted by atomic mass is 16.3. The van der Waals surface area contributed by atoms with Crippen LogP contribution < -0.4 is 5.56 Å². The van der Waals surface area contributed by atoms with Crippen LogP contribution >= 0.6 is 0 Å². The molecule has 6 heteroatoms. The maximum Gasteiger partial charge on any atom is 0.281 e. The van der Waals surface area contributed by atoms with Gasteiger partial charge in [-0.05, 0) is 38.0 Å². The predicted octanol–water partition coefficient (Wildman–Crippen LogP) is 3.73. The van der Waals surface area contributed by atoms with Crippen LogP contribution in [0.2, 0.25) is 0 Å². The molecule has 0 aliphatic carbocycles. The van der Waals surface area contributed by atoms with Crippen LogP contribution in [0, 0.1) is 18.3 Å². The van der Waals surface area contributed by atoms with Crippen LogP contribution in [-0.2, 0) is 13.0 Å². The van der Waals surface area contributed by atoms with Crippen molar-refractivity contribution < 1.29 is 5.11 Å². The van der Waals surface area contributed by atoms with Gasteiger partial charge in [0.05, 0.1) is 5.69 Å². The number of nitrogens with zero attached hydrogens (tertiary/aromatic N) is 4. The molecule has 1 aromatic carbocycles. The van der Waals surface area contributed by atoms with E-state index in [0.29, 0.717) is 11.3 Å². The summed E-state index contributed by atoms with van der Waals surface area (Å²) in [6.07, 6.45) is 0.932. The fourth-order valence-electron chi connectivity index (χ4n) is 2.26. The maximum absolute atomic E-state index is 12.4. The van der Waals surface area contributed by atoms with Crippen molar-refractivity contribution in [1.29, 1.82) is 5.26 Å². The quantitative estimate of drug-likeness (QED) is 0.872. The van der Waals surface area contributed by atoms with Crippen LogP contribution in [0.4, 0.5) is 11.4 Å². The standard InChI is InChI=1S/C17H18N4O2/c1-4-12-6-8-13(9-7-12)19-20-15-11(3)14(10-18)16(22)21(5-2)17(15)23/h6-9,22H,4-5H2,1-3H3. The Hall–Kier alpha value is -2.94. The molecule has 0 amide bonds. The lowest BCUT2D eigenvalue weighted by atomic mass is 10.1. The van der Waals surface area contributed by atoms with Gasteiger partial charge in [0.1, 0.15) is 11.6 Å². The van der Waals surface area contributed by atoms with Gasteiger partial charge >= 0.3 is 0 Å². The summed E-state index contributed by atoms with van der Waals surface area (Å²) >= 11 is 0. The van der Waals surface area contributed by atoms with E-state index in [1.165, 1.54) is 5.56 Å². The first-order valence-corrected chi connectivity index (χ1v) is 7.40. The molecule has 1 aromatic heterocycles. The lowest BCUT2D eigenvalue weighted by Gasteiger charge is -2.10. The molecule has 2 rings (SSSR count). The highest BCUT2D eigenvalue weighted by Crippen LogP contribution is 2.26. The number of nitriles is 1. The van der Waals surface area contributed by atoms with Gasteiger partial charge in [-0.3, -0.25) is 9.36 Å². The number of pyridine rings is 1. The summed E-state index contributed by atoms with van der Waals surface area (Å²) in [5.41, 5.74) is 1.78. The second-order valence-corrected chi connectivity index (χ2v) is 5.05. The molecular weight excluding hydrogens is 292 g/mol. The number of benzene rings is 1. The van der Waals surface area contributed by atoms with E-state index in [0.717, 1.165) is 11.0 Å². The molecular formula is C17H18N4O2. The van der Waals surface area contributed by atoms with Crippen molar-refractivity contribution in [2.75, 3.05) is 0 Å². The molecule has 0 radical (unpaired) electrons. The Bertz CT molecular complexity index is 843. The zero-order chi connectivity index (χ0) is 17.0. The molecule has 0 unspecified atom stereocenters. The van der Waals surface area contributed by atoms with Gasteiger partial charge in [-0.2, -0.15) is 10.4 Å². The molecule has 0 spiro atoms. The Balaban J connectivity index is 2.52. The monoisotopic (exact) mass is 310 g/mol. The van der Waals surface area contributed by atoms with Gasteiger partial charge in [-0.15, -0.1) is 5.11 Å². The highest BCUT2D eigenvalue weighted by Gasteiger charge is 2.18. The molecule has 1 N–H and O–H groups in total. The van der Waals surface area contributed by atoms with Crippen LogP contribution in [-0.4, -0.2) is 9.67 Å². The smallest absolute Gasteiger partial charge is 0.281 e. The Morgan fingerprint density at radius 3 is 2.39 bits per heavy atom. The number of rotatable bonds is 4. The average Bonchev–Trinajstić information content (AvgIpc) is 2.56. The van der Waals surface area contributed by atoms with Crippen molar-refractivity contribution in [3.63, 3.8) is 0 Å². The molecule has 23 heavy (non-hydrogen) atoms. The molecule has 0 saturated carbocycles. The molecule has 0 fully saturated rings. The van der Waals surface area contributed by atoms with Crippen LogP contribution in [0.15, 0.2) is 39.3 Å². The fourth-order valence-corrected chi connectivity index (χ4v) is 2.26. The number of hydrogen-bond donors (Lipinski definition) is 1. The molecule has 1 heterocycles. The van der Waals surface area contributed by atoms with E-state index in [-0.39, 0.29) is 23.7 Å². The van der Waals surface area contributed by atoms with Gasteiger partial charge in [-0.1, -0.05) is 19.1 Å². The molecule has 0 bridgehead atoms. The predicted molar refractivity (Wildman–Crippen MR) is 87.5 cm³/mol. The molecule has 0 atom stereocenters. The second kappa shape index (κ2) is 6.88. The number of azo groups is 1.